The van der Waals surface area contributed by atoms with E-state index in [1.54, 1.807) is 0 Å². The number of thioether (sulfide) groups is 1. The fourth-order valence-corrected chi connectivity index (χ4v) is 3.96. The van der Waals surface area contributed by atoms with Crippen LogP contribution in [0.3, 0.4) is 0 Å². The minimum absolute atomic E-state index is 0.265. The molecule has 4 heteroatoms. The maximum absolute atomic E-state index is 12.6. The summed E-state index contributed by atoms with van der Waals surface area (Å²) in [4.78, 5) is 15.8. The first-order chi connectivity index (χ1) is 10.3. The van der Waals surface area contributed by atoms with Crippen molar-refractivity contribution in [3.8, 4) is 0 Å². The Morgan fingerprint density at radius 2 is 2.14 bits per heavy atom. The number of fused-ring (bicyclic) bond motifs is 1. The number of amides is 1. The van der Waals surface area contributed by atoms with E-state index in [1.165, 1.54) is 17.7 Å². The van der Waals surface area contributed by atoms with E-state index >= 15 is 0 Å². The SMILES string of the molecule is CCCC(CCN)CCC(=O)N1CCSc2ccccc21. The minimum atomic E-state index is 0.265. The number of rotatable bonds is 7. The van der Waals surface area contributed by atoms with Crippen LogP contribution in [0.5, 0.6) is 0 Å². The molecule has 0 saturated heterocycles. The predicted octanol–water partition coefficient (Wildman–Crippen LogP) is 3.67. The molecule has 0 bridgehead atoms. The van der Waals surface area contributed by atoms with Crippen molar-refractivity contribution < 1.29 is 4.79 Å². The average molecular weight is 306 g/mol. The first-order valence-corrected chi connectivity index (χ1v) is 8.97. The molecule has 0 aliphatic carbocycles. The molecule has 0 radical (unpaired) electrons. The second kappa shape index (κ2) is 8.44. The van der Waals surface area contributed by atoms with Crippen molar-refractivity contribution in [1.82, 2.24) is 0 Å². The fourth-order valence-electron chi connectivity index (χ4n) is 2.97. The van der Waals surface area contributed by atoms with Crippen LogP contribution in [-0.4, -0.2) is 24.7 Å². The third-order valence-electron chi connectivity index (χ3n) is 4.07. The van der Waals surface area contributed by atoms with Crippen LogP contribution in [0.25, 0.3) is 0 Å². The monoisotopic (exact) mass is 306 g/mol. The second-order valence-electron chi connectivity index (χ2n) is 5.63. The molecule has 2 rings (SSSR count). The Morgan fingerprint density at radius 1 is 1.33 bits per heavy atom. The van der Waals surface area contributed by atoms with Crippen molar-refractivity contribution >= 4 is 23.4 Å². The number of nitrogens with two attached hydrogens (primary N) is 1. The van der Waals surface area contributed by atoms with Gasteiger partial charge in [-0.1, -0.05) is 31.9 Å². The van der Waals surface area contributed by atoms with E-state index in [2.05, 4.69) is 19.1 Å². The van der Waals surface area contributed by atoms with Crippen LogP contribution in [0.2, 0.25) is 0 Å². The van der Waals surface area contributed by atoms with Gasteiger partial charge in [-0.05, 0) is 37.4 Å². The van der Waals surface area contributed by atoms with Gasteiger partial charge in [-0.2, -0.15) is 0 Å². The highest BCUT2D eigenvalue weighted by atomic mass is 32.2. The summed E-state index contributed by atoms with van der Waals surface area (Å²) < 4.78 is 0. The van der Waals surface area contributed by atoms with Gasteiger partial charge in [0.15, 0.2) is 0 Å². The Kier molecular flexibility index (Phi) is 6.58. The number of carbonyl (C=O) groups excluding carboxylic acids is 1. The van der Waals surface area contributed by atoms with Gasteiger partial charge < -0.3 is 10.6 Å². The average Bonchev–Trinajstić information content (AvgIpc) is 2.52. The molecular formula is C17H26N2OS. The summed E-state index contributed by atoms with van der Waals surface area (Å²) in [5.74, 6) is 1.85. The number of carbonyl (C=O) groups is 1. The first kappa shape index (κ1) is 16.4. The van der Waals surface area contributed by atoms with Gasteiger partial charge in [-0.15, -0.1) is 11.8 Å². The van der Waals surface area contributed by atoms with Gasteiger partial charge in [-0.25, -0.2) is 0 Å². The Bertz CT molecular complexity index is 458. The molecule has 2 N–H and O–H groups in total. The Hall–Kier alpha value is -1.00. The zero-order chi connectivity index (χ0) is 15.1. The van der Waals surface area contributed by atoms with E-state index in [0.717, 1.165) is 37.4 Å². The lowest BCUT2D eigenvalue weighted by atomic mass is 9.94. The molecule has 1 unspecified atom stereocenters. The van der Waals surface area contributed by atoms with Gasteiger partial charge >= 0.3 is 0 Å². The molecular weight excluding hydrogens is 280 g/mol. The highest BCUT2D eigenvalue weighted by Crippen LogP contribution is 2.34. The number of nitrogens with zero attached hydrogens (tertiary/aromatic N) is 1. The number of hydrogen-bond acceptors (Lipinski definition) is 3. The van der Waals surface area contributed by atoms with Crippen LogP contribution < -0.4 is 10.6 Å². The second-order valence-corrected chi connectivity index (χ2v) is 6.77. The zero-order valence-corrected chi connectivity index (χ0v) is 13.7. The predicted molar refractivity (Wildman–Crippen MR) is 90.8 cm³/mol. The van der Waals surface area contributed by atoms with Crippen LogP contribution in [-0.2, 0) is 4.79 Å². The van der Waals surface area contributed by atoms with E-state index in [0.29, 0.717) is 12.3 Å². The molecule has 1 aliphatic rings. The van der Waals surface area contributed by atoms with E-state index in [9.17, 15) is 4.79 Å². The third-order valence-corrected chi connectivity index (χ3v) is 5.11. The lowest BCUT2D eigenvalue weighted by Crippen LogP contribution is -2.35. The molecule has 0 saturated carbocycles. The molecule has 116 valence electrons. The van der Waals surface area contributed by atoms with Gasteiger partial charge in [-0.3, -0.25) is 4.79 Å². The molecule has 0 fully saturated rings. The Balaban J connectivity index is 1.95. The van der Waals surface area contributed by atoms with Gasteiger partial charge in [0.05, 0.1) is 5.69 Å². The topological polar surface area (TPSA) is 46.3 Å². The highest BCUT2D eigenvalue weighted by molar-refractivity contribution is 7.99. The smallest absolute Gasteiger partial charge is 0.227 e. The quantitative estimate of drug-likeness (QED) is 0.836. The zero-order valence-electron chi connectivity index (χ0n) is 12.9. The molecule has 1 heterocycles. The minimum Gasteiger partial charge on any atom is -0.330 e. The lowest BCUT2D eigenvalue weighted by molar-refractivity contribution is -0.118. The van der Waals surface area contributed by atoms with Crippen LogP contribution >= 0.6 is 11.8 Å². The van der Waals surface area contributed by atoms with Gasteiger partial charge in [0.1, 0.15) is 0 Å². The summed E-state index contributed by atoms with van der Waals surface area (Å²) in [5, 5.41) is 0. The van der Waals surface area contributed by atoms with Crippen LogP contribution in [0.1, 0.15) is 39.0 Å². The van der Waals surface area contributed by atoms with Crippen molar-refractivity contribution in [2.75, 3.05) is 23.7 Å². The summed E-state index contributed by atoms with van der Waals surface area (Å²) in [6.07, 6.45) is 4.99. The van der Waals surface area contributed by atoms with E-state index in [-0.39, 0.29) is 5.91 Å². The molecule has 1 aromatic carbocycles. The van der Waals surface area contributed by atoms with E-state index in [1.807, 2.05) is 28.8 Å². The molecule has 3 nitrogen and oxygen atoms in total. The number of anilines is 1. The van der Waals surface area contributed by atoms with Gasteiger partial charge in [0.2, 0.25) is 5.91 Å². The maximum Gasteiger partial charge on any atom is 0.227 e. The number of benzene rings is 1. The number of para-hydroxylation sites is 1. The largest absolute Gasteiger partial charge is 0.330 e. The number of hydrogen-bond donors (Lipinski definition) is 1. The van der Waals surface area contributed by atoms with Crippen molar-refractivity contribution in [3.05, 3.63) is 24.3 Å². The van der Waals surface area contributed by atoms with E-state index in [4.69, 9.17) is 5.73 Å². The van der Waals surface area contributed by atoms with Crippen molar-refractivity contribution in [1.29, 1.82) is 0 Å². The Morgan fingerprint density at radius 3 is 2.90 bits per heavy atom. The van der Waals surface area contributed by atoms with E-state index < -0.39 is 0 Å². The third kappa shape index (κ3) is 4.48. The molecule has 0 aromatic heterocycles. The summed E-state index contributed by atoms with van der Waals surface area (Å²) in [6, 6.07) is 8.22. The molecule has 1 atom stereocenters. The summed E-state index contributed by atoms with van der Waals surface area (Å²) >= 11 is 1.84. The van der Waals surface area contributed by atoms with Crippen LogP contribution in [0, 0.1) is 5.92 Å². The normalized spacial score (nSPS) is 15.6. The van der Waals surface area contributed by atoms with Crippen molar-refractivity contribution in [3.63, 3.8) is 0 Å². The summed E-state index contributed by atoms with van der Waals surface area (Å²) in [7, 11) is 0. The van der Waals surface area contributed by atoms with Gasteiger partial charge in [0.25, 0.3) is 0 Å². The van der Waals surface area contributed by atoms with Gasteiger partial charge in [0, 0.05) is 23.6 Å². The molecule has 1 amide bonds. The highest BCUT2D eigenvalue weighted by Gasteiger charge is 2.22. The van der Waals surface area contributed by atoms with Crippen LogP contribution in [0.4, 0.5) is 5.69 Å². The molecule has 1 aliphatic heterocycles. The molecule has 21 heavy (non-hydrogen) atoms. The first-order valence-electron chi connectivity index (χ1n) is 7.98. The maximum atomic E-state index is 12.6. The van der Waals surface area contributed by atoms with Crippen LogP contribution in [0.15, 0.2) is 29.2 Å². The van der Waals surface area contributed by atoms with Crippen molar-refractivity contribution in [2.24, 2.45) is 11.7 Å². The summed E-state index contributed by atoms with van der Waals surface area (Å²) in [5.41, 5.74) is 6.76. The lowest BCUT2D eigenvalue weighted by Gasteiger charge is -2.29. The fraction of sp³-hybridized carbons (Fsp3) is 0.588. The van der Waals surface area contributed by atoms with Crippen molar-refractivity contribution in [2.45, 2.75) is 43.9 Å². The standard InChI is InChI=1S/C17H26N2OS/c1-2-5-14(10-11-18)8-9-17(20)19-12-13-21-16-7-4-3-6-15(16)19/h3-4,6-7,14H,2,5,8-13,18H2,1H3. The summed E-state index contributed by atoms with van der Waals surface area (Å²) in [6.45, 7) is 3.75. The molecule has 0 spiro atoms. The Labute approximate surface area is 132 Å². The molecule has 1 aromatic rings.